The molecule has 0 aromatic heterocycles. The molecule has 2 nitrogen and oxygen atoms in total. The number of carbonyl (C=O) groups is 1. The van der Waals surface area contributed by atoms with Gasteiger partial charge in [0, 0.05) is 19.0 Å². The SMILES string of the molecule is O=C1C2C(Cc3c(ccc4ccccc34)C2c2ccccc2)CN1Cc1ccccc1. The minimum absolute atomic E-state index is 0.0137. The van der Waals surface area contributed by atoms with Gasteiger partial charge in [0.15, 0.2) is 0 Å². The molecular formula is C29H25NO. The second kappa shape index (κ2) is 7.39. The summed E-state index contributed by atoms with van der Waals surface area (Å²) < 4.78 is 0. The summed E-state index contributed by atoms with van der Waals surface area (Å²) in [5, 5.41) is 2.63. The van der Waals surface area contributed by atoms with E-state index in [4.69, 9.17) is 0 Å². The van der Waals surface area contributed by atoms with Crippen LogP contribution in [0.25, 0.3) is 10.8 Å². The summed E-state index contributed by atoms with van der Waals surface area (Å²) in [6.45, 7) is 1.54. The molecule has 31 heavy (non-hydrogen) atoms. The summed E-state index contributed by atoms with van der Waals surface area (Å²) in [5.74, 6) is 0.786. The highest BCUT2D eigenvalue weighted by Gasteiger charge is 2.49. The number of hydrogen-bond acceptors (Lipinski definition) is 1. The van der Waals surface area contributed by atoms with Gasteiger partial charge in [0.05, 0.1) is 5.92 Å². The second-order valence-electron chi connectivity index (χ2n) is 8.94. The normalized spacial score (nSPS) is 22.4. The van der Waals surface area contributed by atoms with Crippen molar-refractivity contribution in [2.24, 2.45) is 11.8 Å². The highest BCUT2D eigenvalue weighted by molar-refractivity contribution is 5.90. The third-order valence-electron chi connectivity index (χ3n) is 7.17. The fourth-order valence-electron chi connectivity index (χ4n) is 5.83. The molecule has 3 atom stereocenters. The monoisotopic (exact) mass is 403 g/mol. The van der Waals surface area contributed by atoms with E-state index in [0.717, 1.165) is 13.0 Å². The number of hydrogen-bond donors (Lipinski definition) is 0. The van der Waals surface area contributed by atoms with Crippen LogP contribution >= 0.6 is 0 Å². The van der Waals surface area contributed by atoms with Crippen LogP contribution in [0, 0.1) is 11.8 Å². The second-order valence-corrected chi connectivity index (χ2v) is 8.94. The van der Waals surface area contributed by atoms with Crippen LogP contribution in [0.2, 0.25) is 0 Å². The van der Waals surface area contributed by atoms with Crippen molar-refractivity contribution in [1.29, 1.82) is 0 Å². The molecule has 1 aliphatic carbocycles. The van der Waals surface area contributed by atoms with E-state index in [-0.39, 0.29) is 11.8 Å². The lowest BCUT2D eigenvalue weighted by atomic mass is 9.67. The molecule has 152 valence electrons. The largest absolute Gasteiger partial charge is 0.338 e. The molecule has 4 aromatic rings. The van der Waals surface area contributed by atoms with Crippen LogP contribution in [-0.4, -0.2) is 17.4 Å². The number of nitrogens with zero attached hydrogens (tertiary/aromatic N) is 1. The molecule has 1 saturated heterocycles. The third-order valence-corrected chi connectivity index (χ3v) is 7.17. The van der Waals surface area contributed by atoms with Gasteiger partial charge in [-0.25, -0.2) is 0 Å². The first-order valence-electron chi connectivity index (χ1n) is 11.2. The lowest BCUT2D eigenvalue weighted by Crippen LogP contribution is -2.33. The van der Waals surface area contributed by atoms with E-state index in [1.807, 2.05) is 6.07 Å². The van der Waals surface area contributed by atoms with Crippen molar-refractivity contribution in [3.05, 3.63) is 119 Å². The lowest BCUT2D eigenvalue weighted by Gasteiger charge is -2.35. The molecule has 0 radical (unpaired) electrons. The van der Waals surface area contributed by atoms with E-state index in [0.29, 0.717) is 18.4 Å². The summed E-state index contributed by atoms with van der Waals surface area (Å²) in [6, 6.07) is 34.2. The zero-order valence-corrected chi connectivity index (χ0v) is 17.4. The first-order valence-corrected chi connectivity index (χ1v) is 11.2. The van der Waals surface area contributed by atoms with Gasteiger partial charge < -0.3 is 4.90 Å². The summed E-state index contributed by atoms with van der Waals surface area (Å²) in [7, 11) is 0. The minimum Gasteiger partial charge on any atom is -0.338 e. The number of benzene rings is 4. The Morgan fingerprint density at radius 1 is 0.774 bits per heavy atom. The Labute approximate surface area is 183 Å². The standard InChI is InChI=1S/C29H25NO/c31-29-28-23(19-30(29)18-20-9-3-1-4-10-20)17-26-24-14-8-7-11-21(24)15-16-25(26)27(28)22-12-5-2-6-13-22/h1-16,23,27-28H,17-19H2. The van der Waals surface area contributed by atoms with E-state index >= 15 is 0 Å². The predicted molar refractivity (Wildman–Crippen MR) is 125 cm³/mol. The number of likely N-dealkylation sites (tertiary alicyclic amines) is 1. The number of carbonyl (C=O) groups excluding carboxylic acids is 1. The van der Waals surface area contributed by atoms with Gasteiger partial charge in [0.25, 0.3) is 0 Å². The van der Waals surface area contributed by atoms with Crippen LogP contribution in [0.5, 0.6) is 0 Å². The zero-order valence-electron chi connectivity index (χ0n) is 17.4. The molecule has 0 spiro atoms. The van der Waals surface area contributed by atoms with Crippen molar-refractivity contribution in [3.8, 4) is 0 Å². The first-order chi connectivity index (χ1) is 15.3. The maximum atomic E-state index is 13.7. The fraction of sp³-hybridized carbons (Fsp3) is 0.207. The van der Waals surface area contributed by atoms with E-state index in [2.05, 4.69) is 95.9 Å². The Kier molecular flexibility index (Phi) is 4.38. The Hall–Kier alpha value is -3.39. The Morgan fingerprint density at radius 3 is 2.29 bits per heavy atom. The molecule has 2 aliphatic rings. The van der Waals surface area contributed by atoms with Crippen LogP contribution in [0.4, 0.5) is 0 Å². The molecule has 1 aliphatic heterocycles. The Morgan fingerprint density at radius 2 is 1.48 bits per heavy atom. The van der Waals surface area contributed by atoms with Crippen molar-refractivity contribution >= 4 is 16.7 Å². The van der Waals surface area contributed by atoms with Crippen molar-refractivity contribution in [2.45, 2.75) is 18.9 Å². The Balaban J connectivity index is 1.46. The summed E-state index contributed by atoms with van der Waals surface area (Å²) >= 11 is 0. The number of amides is 1. The number of rotatable bonds is 3. The average Bonchev–Trinajstić information content (AvgIpc) is 3.13. The van der Waals surface area contributed by atoms with Gasteiger partial charge in [-0.05, 0) is 45.4 Å². The zero-order chi connectivity index (χ0) is 20.8. The molecule has 1 heterocycles. The summed E-state index contributed by atoms with van der Waals surface area (Å²) in [6.07, 6.45) is 0.974. The smallest absolute Gasteiger partial charge is 0.227 e. The summed E-state index contributed by atoms with van der Waals surface area (Å²) in [5.41, 5.74) is 5.22. The van der Waals surface area contributed by atoms with Gasteiger partial charge in [0.1, 0.15) is 0 Å². The van der Waals surface area contributed by atoms with Gasteiger partial charge in [-0.2, -0.15) is 0 Å². The number of fused-ring (bicyclic) bond motifs is 4. The molecule has 3 unspecified atom stereocenters. The van der Waals surface area contributed by atoms with Crippen molar-refractivity contribution in [2.75, 3.05) is 6.54 Å². The quantitative estimate of drug-likeness (QED) is 0.423. The van der Waals surface area contributed by atoms with E-state index in [1.54, 1.807) is 0 Å². The molecular weight excluding hydrogens is 378 g/mol. The van der Waals surface area contributed by atoms with Crippen LogP contribution < -0.4 is 0 Å². The highest BCUT2D eigenvalue weighted by atomic mass is 16.2. The molecule has 4 aromatic carbocycles. The van der Waals surface area contributed by atoms with Gasteiger partial charge in [-0.3, -0.25) is 4.79 Å². The molecule has 1 fully saturated rings. The first kappa shape index (κ1) is 18.4. The fourth-order valence-corrected chi connectivity index (χ4v) is 5.83. The average molecular weight is 404 g/mol. The van der Waals surface area contributed by atoms with Gasteiger partial charge in [0.2, 0.25) is 5.91 Å². The maximum absolute atomic E-state index is 13.7. The van der Waals surface area contributed by atoms with Crippen LogP contribution in [0.15, 0.2) is 97.1 Å². The van der Waals surface area contributed by atoms with E-state index < -0.39 is 0 Å². The molecule has 0 N–H and O–H groups in total. The summed E-state index contributed by atoms with van der Waals surface area (Å²) in [4.78, 5) is 15.8. The van der Waals surface area contributed by atoms with Crippen LogP contribution in [0.3, 0.4) is 0 Å². The molecule has 2 heteroatoms. The van der Waals surface area contributed by atoms with E-state index in [1.165, 1.54) is 33.0 Å². The van der Waals surface area contributed by atoms with Gasteiger partial charge in [-0.15, -0.1) is 0 Å². The van der Waals surface area contributed by atoms with Crippen LogP contribution in [-0.2, 0) is 17.8 Å². The maximum Gasteiger partial charge on any atom is 0.227 e. The molecule has 6 rings (SSSR count). The van der Waals surface area contributed by atoms with Crippen molar-refractivity contribution < 1.29 is 4.79 Å². The van der Waals surface area contributed by atoms with E-state index in [9.17, 15) is 4.79 Å². The minimum atomic E-state index is 0.0137. The van der Waals surface area contributed by atoms with Gasteiger partial charge in [-0.1, -0.05) is 97.1 Å². The highest BCUT2D eigenvalue weighted by Crippen LogP contribution is 2.49. The molecule has 1 amide bonds. The topological polar surface area (TPSA) is 20.3 Å². The molecule has 0 saturated carbocycles. The van der Waals surface area contributed by atoms with Crippen molar-refractivity contribution in [1.82, 2.24) is 4.90 Å². The van der Waals surface area contributed by atoms with Crippen molar-refractivity contribution in [3.63, 3.8) is 0 Å². The van der Waals surface area contributed by atoms with Gasteiger partial charge >= 0.3 is 0 Å². The predicted octanol–water partition coefficient (Wildman–Crippen LogP) is 5.80. The Bertz CT molecular complexity index is 1250. The third kappa shape index (κ3) is 3.06. The molecule has 0 bridgehead atoms. The van der Waals surface area contributed by atoms with Crippen LogP contribution in [0.1, 0.15) is 28.2 Å². The lowest BCUT2D eigenvalue weighted by molar-refractivity contribution is -0.132.